The van der Waals surface area contributed by atoms with E-state index >= 15 is 0 Å². The first-order valence-corrected chi connectivity index (χ1v) is 5.94. The van der Waals surface area contributed by atoms with E-state index in [4.69, 9.17) is 11.6 Å². The molecule has 0 fully saturated rings. The number of halogens is 5. The molecule has 8 heteroatoms. The Kier molecular flexibility index (Phi) is 4.13. The van der Waals surface area contributed by atoms with Crippen molar-refractivity contribution in [2.75, 3.05) is 5.32 Å². The molecular weight excluding hydrogens is 312 g/mol. The molecule has 21 heavy (non-hydrogen) atoms. The van der Waals surface area contributed by atoms with Crippen molar-refractivity contribution in [3.05, 3.63) is 58.6 Å². The molecule has 0 aliphatic heterocycles. The topological polar surface area (TPSA) is 42.0 Å². The summed E-state index contributed by atoms with van der Waals surface area (Å²) in [5, 5.41) is 1.89. The normalized spacial score (nSPS) is 11.3. The lowest BCUT2D eigenvalue weighted by Crippen LogP contribution is -2.17. The first-order valence-electron chi connectivity index (χ1n) is 5.56. The standard InChI is InChI=1S/C13H7ClF4N2O/c14-7-1-2-11(9(5-7)13(16,17)18)20-12(21)8-3-4-19-6-10(8)15/h1-6H,(H,20,21). The molecule has 1 heterocycles. The van der Waals surface area contributed by atoms with Gasteiger partial charge in [-0.3, -0.25) is 9.78 Å². The summed E-state index contributed by atoms with van der Waals surface area (Å²) in [4.78, 5) is 15.3. The van der Waals surface area contributed by atoms with Crippen molar-refractivity contribution in [1.82, 2.24) is 4.98 Å². The monoisotopic (exact) mass is 318 g/mol. The average Bonchev–Trinajstić information content (AvgIpc) is 2.40. The van der Waals surface area contributed by atoms with Gasteiger partial charge in [0.15, 0.2) is 5.82 Å². The Hall–Kier alpha value is -2.15. The molecule has 0 saturated heterocycles. The van der Waals surface area contributed by atoms with Crippen molar-refractivity contribution in [3.8, 4) is 0 Å². The molecule has 1 N–H and O–H groups in total. The Morgan fingerprint density at radius 1 is 1.24 bits per heavy atom. The second kappa shape index (κ2) is 5.69. The van der Waals surface area contributed by atoms with Crippen LogP contribution in [-0.2, 0) is 6.18 Å². The third kappa shape index (κ3) is 3.49. The minimum atomic E-state index is -4.70. The second-order valence-electron chi connectivity index (χ2n) is 4.00. The number of aromatic nitrogens is 1. The van der Waals surface area contributed by atoms with Crippen LogP contribution in [0.15, 0.2) is 36.7 Å². The molecule has 0 spiro atoms. The van der Waals surface area contributed by atoms with E-state index < -0.39 is 34.7 Å². The highest BCUT2D eigenvalue weighted by molar-refractivity contribution is 6.30. The third-order valence-electron chi connectivity index (χ3n) is 2.55. The maximum Gasteiger partial charge on any atom is 0.418 e. The number of hydrogen-bond donors (Lipinski definition) is 1. The number of carbonyl (C=O) groups excluding carboxylic acids is 1. The fraction of sp³-hybridized carbons (Fsp3) is 0.0769. The Balaban J connectivity index is 2.36. The Morgan fingerprint density at radius 2 is 1.95 bits per heavy atom. The number of anilines is 1. The van der Waals surface area contributed by atoms with E-state index in [1.807, 2.05) is 5.32 Å². The molecule has 2 aromatic rings. The van der Waals surface area contributed by atoms with Gasteiger partial charge in [-0.15, -0.1) is 0 Å². The molecular formula is C13H7ClF4N2O. The van der Waals surface area contributed by atoms with Gasteiger partial charge in [-0.1, -0.05) is 11.6 Å². The van der Waals surface area contributed by atoms with Crippen LogP contribution in [0.5, 0.6) is 0 Å². The fourth-order valence-electron chi connectivity index (χ4n) is 1.61. The summed E-state index contributed by atoms with van der Waals surface area (Å²) in [5.74, 6) is -1.94. The summed E-state index contributed by atoms with van der Waals surface area (Å²) in [5.41, 5.74) is -2.03. The molecule has 0 saturated carbocycles. The molecule has 1 aromatic heterocycles. The van der Waals surface area contributed by atoms with Crippen LogP contribution in [0.3, 0.4) is 0 Å². The van der Waals surface area contributed by atoms with Crippen LogP contribution in [0.25, 0.3) is 0 Å². The van der Waals surface area contributed by atoms with Crippen LogP contribution < -0.4 is 5.32 Å². The van der Waals surface area contributed by atoms with Crippen LogP contribution in [0, 0.1) is 5.82 Å². The maximum absolute atomic E-state index is 13.4. The lowest BCUT2D eigenvalue weighted by atomic mass is 10.1. The molecule has 0 unspecified atom stereocenters. The first-order chi connectivity index (χ1) is 9.79. The van der Waals surface area contributed by atoms with Gasteiger partial charge in [0, 0.05) is 11.2 Å². The lowest BCUT2D eigenvalue weighted by Gasteiger charge is -2.14. The zero-order chi connectivity index (χ0) is 15.6. The largest absolute Gasteiger partial charge is 0.418 e. The first kappa shape index (κ1) is 15.2. The highest BCUT2D eigenvalue weighted by Crippen LogP contribution is 2.36. The molecule has 0 aliphatic rings. The van der Waals surface area contributed by atoms with Crippen LogP contribution in [-0.4, -0.2) is 10.9 Å². The molecule has 3 nitrogen and oxygen atoms in total. The van der Waals surface area contributed by atoms with Crippen molar-refractivity contribution in [2.45, 2.75) is 6.18 Å². The van der Waals surface area contributed by atoms with Crippen molar-refractivity contribution in [1.29, 1.82) is 0 Å². The molecule has 1 aromatic carbocycles. The smallest absolute Gasteiger partial charge is 0.321 e. The van der Waals surface area contributed by atoms with E-state index in [1.165, 1.54) is 6.07 Å². The van der Waals surface area contributed by atoms with Crippen LogP contribution >= 0.6 is 11.6 Å². The number of alkyl halides is 3. The van der Waals surface area contributed by atoms with E-state index in [0.29, 0.717) is 6.07 Å². The van der Waals surface area contributed by atoms with Crippen molar-refractivity contribution in [2.24, 2.45) is 0 Å². The Morgan fingerprint density at radius 3 is 2.57 bits per heavy atom. The number of rotatable bonds is 2. The van der Waals surface area contributed by atoms with Crippen molar-refractivity contribution >= 4 is 23.2 Å². The van der Waals surface area contributed by atoms with Crippen molar-refractivity contribution < 1.29 is 22.4 Å². The predicted octanol–water partition coefficient (Wildman–Crippen LogP) is 4.15. The summed E-state index contributed by atoms with van der Waals surface area (Å²) < 4.78 is 52.0. The van der Waals surface area contributed by atoms with Crippen LogP contribution in [0.4, 0.5) is 23.2 Å². The van der Waals surface area contributed by atoms with Crippen LogP contribution in [0.1, 0.15) is 15.9 Å². The predicted molar refractivity (Wildman–Crippen MR) is 68.6 cm³/mol. The van der Waals surface area contributed by atoms with E-state index in [0.717, 1.165) is 24.5 Å². The molecule has 0 aliphatic carbocycles. The third-order valence-corrected chi connectivity index (χ3v) is 2.79. The van der Waals surface area contributed by atoms with Gasteiger partial charge in [-0.05, 0) is 24.3 Å². The minimum absolute atomic E-state index is 0.129. The Labute approximate surface area is 121 Å². The van der Waals surface area contributed by atoms with E-state index in [-0.39, 0.29) is 5.02 Å². The van der Waals surface area contributed by atoms with Crippen LogP contribution in [0.2, 0.25) is 5.02 Å². The quantitative estimate of drug-likeness (QED) is 0.845. The number of nitrogens with zero attached hydrogens (tertiary/aromatic N) is 1. The maximum atomic E-state index is 13.4. The molecule has 2 rings (SSSR count). The molecule has 110 valence electrons. The molecule has 0 bridgehead atoms. The van der Waals surface area contributed by atoms with Gasteiger partial charge >= 0.3 is 6.18 Å². The number of hydrogen-bond acceptors (Lipinski definition) is 2. The number of carbonyl (C=O) groups is 1. The summed E-state index contributed by atoms with van der Waals surface area (Å²) >= 11 is 5.52. The minimum Gasteiger partial charge on any atom is -0.321 e. The average molecular weight is 319 g/mol. The zero-order valence-corrected chi connectivity index (χ0v) is 11.0. The lowest BCUT2D eigenvalue weighted by molar-refractivity contribution is -0.136. The molecule has 1 amide bonds. The SMILES string of the molecule is O=C(Nc1ccc(Cl)cc1C(F)(F)F)c1ccncc1F. The number of pyridine rings is 1. The number of nitrogens with one attached hydrogen (secondary N) is 1. The highest BCUT2D eigenvalue weighted by atomic mass is 35.5. The van der Waals surface area contributed by atoms with E-state index in [1.54, 1.807) is 0 Å². The van der Waals surface area contributed by atoms with Gasteiger partial charge in [-0.2, -0.15) is 13.2 Å². The van der Waals surface area contributed by atoms with Gasteiger partial charge in [0.25, 0.3) is 5.91 Å². The van der Waals surface area contributed by atoms with Gasteiger partial charge in [0.2, 0.25) is 0 Å². The highest BCUT2D eigenvalue weighted by Gasteiger charge is 2.34. The summed E-state index contributed by atoms with van der Waals surface area (Å²) in [6.45, 7) is 0. The number of benzene rings is 1. The summed E-state index contributed by atoms with van der Waals surface area (Å²) in [6, 6.07) is 3.94. The van der Waals surface area contributed by atoms with E-state index in [2.05, 4.69) is 4.98 Å². The van der Waals surface area contributed by atoms with Gasteiger partial charge in [0.1, 0.15) is 0 Å². The van der Waals surface area contributed by atoms with Gasteiger partial charge in [-0.25, -0.2) is 4.39 Å². The summed E-state index contributed by atoms with van der Waals surface area (Å²) in [6.07, 6.45) is -2.75. The summed E-state index contributed by atoms with van der Waals surface area (Å²) in [7, 11) is 0. The number of amides is 1. The van der Waals surface area contributed by atoms with Crippen molar-refractivity contribution in [3.63, 3.8) is 0 Å². The Bertz CT molecular complexity index is 688. The molecule has 0 radical (unpaired) electrons. The fourth-order valence-corrected chi connectivity index (χ4v) is 1.78. The van der Waals surface area contributed by atoms with Gasteiger partial charge in [0.05, 0.1) is 23.0 Å². The molecule has 0 atom stereocenters. The van der Waals surface area contributed by atoms with Gasteiger partial charge < -0.3 is 5.32 Å². The zero-order valence-electron chi connectivity index (χ0n) is 10.2. The second-order valence-corrected chi connectivity index (χ2v) is 4.43. The van der Waals surface area contributed by atoms with E-state index in [9.17, 15) is 22.4 Å².